The molecule has 1 rings (SSSR count). The fourth-order valence-corrected chi connectivity index (χ4v) is 3.37. The number of thioether (sulfide) groups is 1. The smallest absolute Gasteiger partial charge is 0.0433 e. The summed E-state index contributed by atoms with van der Waals surface area (Å²) in [5.41, 5.74) is 1.32. The van der Waals surface area contributed by atoms with Crippen LogP contribution in [0.5, 0.6) is 0 Å². The van der Waals surface area contributed by atoms with E-state index in [-0.39, 0.29) is 4.75 Å². The second kappa shape index (κ2) is 7.96. The van der Waals surface area contributed by atoms with Crippen molar-refractivity contribution >= 4 is 11.8 Å². The first-order chi connectivity index (χ1) is 8.93. The van der Waals surface area contributed by atoms with E-state index in [0.29, 0.717) is 12.5 Å². The first kappa shape index (κ1) is 16.6. The SMILES string of the molecule is Cc1ccc(SC(C)(C)CCCC(C)CCO)cc1. The minimum Gasteiger partial charge on any atom is -0.396 e. The molecule has 0 bridgehead atoms. The minimum atomic E-state index is 0.286. The summed E-state index contributed by atoms with van der Waals surface area (Å²) in [5, 5.41) is 8.91. The van der Waals surface area contributed by atoms with Crippen LogP contribution in [0.3, 0.4) is 0 Å². The molecule has 0 spiro atoms. The standard InChI is InChI=1S/C17H28OS/c1-14(11-13-18)6-5-12-17(3,4)19-16-9-7-15(2)8-10-16/h7-10,14,18H,5-6,11-13H2,1-4H3. The van der Waals surface area contributed by atoms with Crippen LogP contribution >= 0.6 is 11.8 Å². The summed E-state index contributed by atoms with van der Waals surface area (Å²) in [4.78, 5) is 1.36. The van der Waals surface area contributed by atoms with E-state index in [0.717, 1.165) is 6.42 Å². The molecule has 19 heavy (non-hydrogen) atoms. The number of hydrogen-bond donors (Lipinski definition) is 1. The second-order valence-electron chi connectivity index (χ2n) is 6.18. The van der Waals surface area contributed by atoms with Crippen LogP contribution < -0.4 is 0 Å². The molecular weight excluding hydrogens is 252 g/mol. The van der Waals surface area contributed by atoms with Crippen molar-refractivity contribution in [1.82, 2.24) is 0 Å². The van der Waals surface area contributed by atoms with E-state index in [1.807, 2.05) is 11.8 Å². The number of aliphatic hydroxyl groups is 1. The summed E-state index contributed by atoms with van der Waals surface area (Å²) >= 11 is 1.97. The summed E-state index contributed by atoms with van der Waals surface area (Å²) in [6, 6.07) is 8.80. The lowest BCUT2D eigenvalue weighted by Crippen LogP contribution is -2.14. The molecule has 1 unspecified atom stereocenters. The average molecular weight is 280 g/mol. The molecule has 0 heterocycles. The predicted octanol–water partition coefficient (Wildman–Crippen LogP) is 5.05. The molecule has 0 saturated heterocycles. The van der Waals surface area contributed by atoms with Crippen LogP contribution in [0, 0.1) is 12.8 Å². The predicted molar refractivity (Wildman–Crippen MR) is 85.8 cm³/mol. The molecule has 0 aromatic heterocycles. The van der Waals surface area contributed by atoms with Crippen LogP contribution in [0.2, 0.25) is 0 Å². The molecule has 0 amide bonds. The number of rotatable bonds is 8. The first-order valence-electron chi connectivity index (χ1n) is 7.29. The first-order valence-corrected chi connectivity index (χ1v) is 8.11. The third-order valence-corrected chi connectivity index (χ3v) is 4.78. The maximum atomic E-state index is 8.91. The molecule has 108 valence electrons. The maximum absolute atomic E-state index is 8.91. The van der Waals surface area contributed by atoms with Gasteiger partial charge in [0, 0.05) is 16.2 Å². The van der Waals surface area contributed by atoms with Gasteiger partial charge in [-0.1, -0.05) is 51.3 Å². The Hall–Kier alpha value is -0.470. The number of benzene rings is 1. The van der Waals surface area contributed by atoms with E-state index in [4.69, 9.17) is 5.11 Å². The monoisotopic (exact) mass is 280 g/mol. The molecule has 1 aromatic carbocycles. The molecule has 2 heteroatoms. The van der Waals surface area contributed by atoms with Gasteiger partial charge in [-0.05, 0) is 37.8 Å². The Morgan fingerprint density at radius 2 is 1.79 bits per heavy atom. The zero-order valence-electron chi connectivity index (χ0n) is 12.8. The summed E-state index contributed by atoms with van der Waals surface area (Å²) in [7, 11) is 0. The Kier molecular flexibility index (Phi) is 6.95. The number of aliphatic hydroxyl groups excluding tert-OH is 1. The lowest BCUT2D eigenvalue weighted by molar-refractivity contribution is 0.256. The van der Waals surface area contributed by atoms with Crippen molar-refractivity contribution in [2.24, 2.45) is 5.92 Å². The van der Waals surface area contributed by atoms with Gasteiger partial charge in [-0.25, -0.2) is 0 Å². The van der Waals surface area contributed by atoms with E-state index < -0.39 is 0 Å². The minimum absolute atomic E-state index is 0.286. The third-order valence-electron chi connectivity index (χ3n) is 3.51. The van der Waals surface area contributed by atoms with Gasteiger partial charge in [-0.2, -0.15) is 0 Å². The van der Waals surface area contributed by atoms with Crippen molar-refractivity contribution in [2.45, 2.75) is 63.0 Å². The Balaban J connectivity index is 2.37. The summed E-state index contributed by atoms with van der Waals surface area (Å²) < 4.78 is 0.286. The van der Waals surface area contributed by atoms with Gasteiger partial charge >= 0.3 is 0 Å². The van der Waals surface area contributed by atoms with Crippen molar-refractivity contribution in [2.75, 3.05) is 6.61 Å². The fraction of sp³-hybridized carbons (Fsp3) is 0.647. The highest BCUT2D eigenvalue weighted by molar-refractivity contribution is 8.00. The molecule has 0 aliphatic heterocycles. The lowest BCUT2D eigenvalue weighted by atomic mass is 9.97. The molecule has 1 N–H and O–H groups in total. The van der Waals surface area contributed by atoms with Gasteiger partial charge in [0.15, 0.2) is 0 Å². The second-order valence-corrected chi connectivity index (χ2v) is 7.97. The molecule has 1 aromatic rings. The number of hydrogen-bond acceptors (Lipinski definition) is 2. The van der Waals surface area contributed by atoms with E-state index in [9.17, 15) is 0 Å². The Bertz CT molecular complexity index is 356. The van der Waals surface area contributed by atoms with Crippen molar-refractivity contribution in [3.8, 4) is 0 Å². The molecular formula is C17H28OS. The van der Waals surface area contributed by atoms with Crippen molar-refractivity contribution in [3.05, 3.63) is 29.8 Å². The van der Waals surface area contributed by atoms with E-state index in [2.05, 4.69) is 52.0 Å². The summed E-state index contributed by atoms with van der Waals surface area (Å²) in [5.74, 6) is 0.644. The third kappa shape index (κ3) is 7.03. The van der Waals surface area contributed by atoms with Gasteiger partial charge in [-0.15, -0.1) is 11.8 Å². The number of aryl methyl sites for hydroxylation is 1. The fourth-order valence-electron chi connectivity index (χ4n) is 2.22. The van der Waals surface area contributed by atoms with Gasteiger partial charge in [0.05, 0.1) is 0 Å². The quantitative estimate of drug-likeness (QED) is 0.672. The molecule has 0 saturated carbocycles. The Morgan fingerprint density at radius 1 is 1.16 bits per heavy atom. The highest BCUT2D eigenvalue weighted by Gasteiger charge is 2.19. The van der Waals surface area contributed by atoms with Crippen LogP contribution in [0.4, 0.5) is 0 Å². The van der Waals surface area contributed by atoms with Crippen molar-refractivity contribution < 1.29 is 5.11 Å². The molecule has 1 nitrogen and oxygen atoms in total. The van der Waals surface area contributed by atoms with Crippen molar-refractivity contribution in [3.63, 3.8) is 0 Å². The largest absolute Gasteiger partial charge is 0.396 e. The Morgan fingerprint density at radius 3 is 2.37 bits per heavy atom. The van der Waals surface area contributed by atoms with E-state index in [1.165, 1.54) is 29.7 Å². The normalized spacial score (nSPS) is 13.5. The molecule has 0 aliphatic carbocycles. The highest BCUT2D eigenvalue weighted by atomic mass is 32.2. The highest BCUT2D eigenvalue weighted by Crippen LogP contribution is 2.36. The lowest BCUT2D eigenvalue weighted by Gasteiger charge is -2.24. The van der Waals surface area contributed by atoms with Gasteiger partial charge < -0.3 is 5.11 Å². The van der Waals surface area contributed by atoms with Crippen LogP contribution in [-0.4, -0.2) is 16.5 Å². The molecule has 1 atom stereocenters. The zero-order valence-corrected chi connectivity index (χ0v) is 13.6. The topological polar surface area (TPSA) is 20.2 Å². The van der Waals surface area contributed by atoms with Crippen LogP contribution in [0.1, 0.15) is 52.0 Å². The summed E-state index contributed by atoms with van der Waals surface area (Å²) in [6.07, 6.45) is 4.62. The average Bonchev–Trinajstić information content (AvgIpc) is 2.32. The van der Waals surface area contributed by atoms with Crippen LogP contribution in [0.15, 0.2) is 29.2 Å². The van der Waals surface area contributed by atoms with Gasteiger partial charge in [0.2, 0.25) is 0 Å². The Labute approximate surface area is 122 Å². The summed E-state index contributed by atoms with van der Waals surface area (Å²) in [6.45, 7) is 9.34. The van der Waals surface area contributed by atoms with E-state index >= 15 is 0 Å². The molecule has 0 radical (unpaired) electrons. The zero-order chi connectivity index (χ0) is 14.3. The van der Waals surface area contributed by atoms with E-state index in [1.54, 1.807) is 0 Å². The van der Waals surface area contributed by atoms with Crippen molar-refractivity contribution in [1.29, 1.82) is 0 Å². The van der Waals surface area contributed by atoms with Gasteiger partial charge in [-0.3, -0.25) is 0 Å². The molecule has 0 fully saturated rings. The van der Waals surface area contributed by atoms with Crippen LogP contribution in [-0.2, 0) is 0 Å². The van der Waals surface area contributed by atoms with Gasteiger partial charge in [0.25, 0.3) is 0 Å². The van der Waals surface area contributed by atoms with Crippen LogP contribution in [0.25, 0.3) is 0 Å². The van der Waals surface area contributed by atoms with Gasteiger partial charge in [0.1, 0.15) is 0 Å². The molecule has 0 aliphatic rings. The maximum Gasteiger partial charge on any atom is 0.0433 e.